The molecule has 0 spiro atoms. The minimum absolute atomic E-state index is 0.0284. The normalized spacial score (nSPS) is 15.5. The summed E-state index contributed by atoms with van der Waals surface area (Å²) in [6.07, 6.45) is 0. The van der Waals surface area contributed by atoms with Crippen LogP contribution in [0.5, 0.6) is 0 Å². The zero-order chi connectivity index (χ0) is 18.8. The third kappa shape index (κ3) is 4.14. The van der Waals surface area contributed by atoms with Gasteiger partial charge in [0.15, 0.2) is 0 Å². The molecule has 1 heterocycles. The number of amides is 2. The lowest BCUT2D eigenvalue weighted by atomic mass is 9.89. The highest BCUT2D eigenvalue weighted by Crippen LogP contribution is 2.26. The lowest BCUT2D eigenvalue weighted by molar-refractivity contribution is -0.149. The molecule has 25 heavy (non-hydrogen) atoms. The van der Waals surface area contributed by atoms with Crippen LogP contribution in [0.2, 0.25) is 0 Å². The Morgan fingerprint density at radius 2 is 1.68 bits per heavy atom. The largest absolute Gasteiger partial charge is 0.368 e. The predicted molar refractivity (Wildman–Crippen MR) is 102 cm³/mol. The third-order valence-electron chi connectivity index (χ3n) is 5.01. The average Bonchev–Trinajstić information content (AvgIpc) is 2.56. The smallest absolute Gasteiger partial charge is 0.237 e. The molecule has 1 aromatic rings. The van der Waals surface area contributed by atoms with Crippen LogP contribution in [-0.4, -0.2) is 48.9 Å². The van der Waals surface area contributed by atoms with E-state index in [1.54, 1.807) is 13.8 Å². The Morgan fingerprint density at radius 3 is 2.24 bits per heavy atom. The fourth-order valence-electron chi connectivity index (χ4n) is 3.16. The molecule has 1 aliphatic heterocycles. The summed E-state index contributed by atoms with van der Waals surface area (Å²) in [5.41, 5.74) is 2.77. The summed E-state index contributed by atoms with van der Waals surface area (Å²) < 4.78 is 0. The van der Waals surface area contributed by atoms with Crippen molar-refractivity contribution < 1.29 is 9.59 Å². The van der Waals surface area contributed by atoms with Gasteiger partial charge in [0, 0.05) is 37.9 Å². The van der Waals surface area contributed by atoms with Gasteiger partial charge in [0.2, 0.25) is 11.8 Å². The number of benzene rings is 1. The van der Waals surface area contributed by atoms with E-state index in [0.29, 0.717) is 13.1 Å². The third-order valence-corrected chi connectivity index (χ3v) is 5.01. The lowest BCUT2D eigenvalue weighted by Crippen LogP contribution is -2.56. The van der Waals surface area contributed by atoms with E-state index in [1.807, 2.05) is 18.7 Å². The first-order valence-electron chi connectivity index (χ1n) is 9.06. The Kier molecular flexibility index (Phi) is 5.76. The number of hydrogen-bond donors (Lipinski definition) is 1. The van der Waals surface area contributed by atoms with Crippen molar-refractivity contribution in [1.29, 1.82) is 0 Å². The van der Waals surface area contributed by atoms with Crippen LogP contribution in [0, 0.1) is 19.3 Å². The van der Waals surface area contributed by atoms with Crippen LogP contribution >= 0.6 is 0 Å². The van der Waals surface area contributed by atoms with E-state index in [1.165, 1.54) is 16.8 Å². The minimum atomic E-state index is -1.04. The molecule has 5 heteroatoms. The number of nitrogens with zero attached hydrogens (tertiary/aromatic N) is 2. The monoisotopic (exact) mass is 345 g/mol. The van der Waals surface area contributed by atoms with Crippen molar-refractivity contribution in [2.75, 3.05) is 31.1 Å². The number of piperazine rings is 1. The van der Waals surface area contributed by atoms with Crippen molar-refractivity contribution >= 4 is 17.5 Å². The van der Waals surface area contributed by atoms with Crippen molar-refractivity contribution in [3.8, 4) is 0 Å². The van der Waals surface area contributed by atoms with Crippen molar-refractivity contribution in [2.45, 2.75) is 47.6 Å². The number of hydrogen-bond acceptors (Lipinski definition) is 3. The molecule has 1 aliphatic rings. The van der Waals surface area contributed by atoms with Crippen LogP contribution in [0.25, 0.3) is 0 Å². The molecule has 1 N–H and O–H groups in total. The predicted octanol–water partition coefficient (Wildman–Crippen LogP) is 2.50. The molecular weight excluding hydrogens is 314 g/mol. The van der Waals surface area contributed by atoms with Gasteiger partial charge >= 0.3 is 0 Å². The second-order valence-corrected chi connectivity index (χ2v) is 7.75. The van der Waals surface area contributed by atoms with Crippen molar-refractivity contribution in [2.24, 2.45) is 5.41 Å². The number of carbonyl (C=O) groups is 2. The van der Waals surface area contributed by atoms with Gasteiger partial charge in [-0.05, 0) is 58.7 Å². The average molecular weight is 345 g/mol. The van der Waals surface area contributed by atoms with Gasteiger partial charge in [-0.1, -0.05) is 12.1 Å². The molecule has 0 radical (unpaired) electrons. The maximum absolute atomic E-state index is 12.9. The molecule has 5 nitrogen and oxygen atoms in total. The van der Waals surface area contributed by atoms with E-state index >= 15 is 0 Å². The Hall–Kier alpha value is -2.04. The van der Waals surface area contributed by atoms with E-state index in [0.717, 1.165) is 13.1 Å². The topological polar surface area (TPSA) is 52.7 Å². The van der Waals surface area contributed by atoms with Crippen LogP contribution in [0.1, 0.15) is 38.8 Å². The molecule has 2 amide bonds. The fraction of sp³-hybridized carbons (Fsp3) is 0.600. The van der Waals surface area contributed by atoms with Gasteiger partial charge in [0.1, 0.15) is 5.41 Å². The van der Waals surface area contributed by atoms with Crippen molar-refractivity contribution in [1.82, 2.24) is 10.2 Å². The van der Waals surface area contributed by atoms with Gasteiger partial charge in [0.05, 0.1) is 0 Å². The summed E-state index contributed by atoms with van der Waals surface area (Å²) in [6, 6.07) is 6.36. The maximum atomic E-state index is 12.9. The van der Waals surface area contributed by atoms with Gasteiger partial charge < -0.3 is 15.1 Å². The van der Waals surface area contributed by atoms with Gasteiger partial charge in [0.25, 0.3) is 0 Å². The summed E-state index contributed by atoms with van der Waals surface area (Å²) in [6.45, 7) is 14.4. The molecule has 0 bridgehead atoms. The standard InChI is InChI=1S/C20H31N3O2/c1-14(2)21-18(24)20(5,6)19(25)23-12-10-22(11-13-23)17-9-7-8-15(3)16(17)4/h7-9,14H,10-13H2,1-6H3,(H,21,24). The quantitative estimate of drug-likeness (QED) is 0.853. The highest BCUT2D eigenvalue weighted by Gasteiger charge is 2.40. The van der Waals surface area contributed by atoms with Crippen LogP contribution < -0.4 is 10.2 Å². The van der Waals surface area contributed by atoms with Gasteiger partial charge in [-0.15, -0.1) is 0 Å². The summed E-state index contributed by atoms with van der Waals surface area (Å²) in [7, 11) is 0. The van der Waals surface area contributed by atoms with E-state index < -0.39 is 5.41 Å². The Labute approximate surface area is 151 Å². The zero-order valence-corrected chi connectivity index (χ0v) is 16.3. The summed E-state index contributed by atoms with van der Waals surface area (Å²) in [5, 5.41) is 2.85. The van der Waals surface area contributed by atoms with E-state index in [9.17, 15) is 9.59 Å². The lowest BCUT2D eigenvalue weighted by Gasteiger charge is -2.39. The number of nitrogens with one attached hydrogen (secondary N) is 1. The highest BCUT2D eigenvalue weighted by atomic mass is 16.2. The van der Waals surface area contributed by atoms with E-state index in [4.69, 9.17) is 0 Å². The van der Waals surface area contributed by atoms with E-state index in [2.05, 4.69) is 42.3 Å². The van der Waals surface area contributed by atoms with Crippen LogP contribution in [0.15, 0.2) is 18.2 Å². The number of aryl methyl sites for hydroxylation is 1. The molecule has 2 rings (SSSR count). The Balaban J connectivity index is 2.03. The molecule has 0 aromatic heterocycles. The highest BCUT2D eigenvalue weighted by molar-refractivity contribution is 6.04. The van der Waals surface area contributed by atoms with Gasteiger partial charge in [-0.25, -0.2) is 0 Å². The first-order valence-corrected chi connectivity index (χ1v) is 9.06. The SMILES string of the molecule is Cc1cccc(N2CCN(C(=O)C(C)(C)C(=O)NC(C)C)CC2)c1C. The minimum Gasteiger partial charge on any atom is -0.368 e. The number of carbonyl (C=O) groups excluding carboxylic acids is 2. The molecule has 1 saturated heterocycles. The van der Waals surface area contributed by atoms with E-state index in [-0.39, 0.29) is 17.9 Å². The second kappa shape index (κ2) is 7.46. The number of anilines is 1. The van der Waals surface area contributed by atoms with Gasteiger partial charge in [-0.2, -0.15) is 0 Å². The van der Waals surface area contributed by atoms with Crippen molar-refractivity contribution in [3.05, 3.63) is 29.3 Å². The molecule has 0 atom stereocenters. The Bertz CT molecular complexity index is 644. The van der Waals surface area contributed by atoms with Crippen LogP contribution in [0.4, 0.5) is 5.69 Å². The molecule has 1 fully saturated rings. The summed E-state index contributed by atoms with van der Waals surface area (Å²) >= 11 is 0. The van der Waals surface area contributed by atoms with Gasteiger partial charge in [-0.3, -0.25) is 9.59 Å². The Morgan fingerprint density at radius 1 is 1.08 bits per heavy atom. The van der Waals surface area contributed by atoms with Crippen molar-refractivity contribution in [3.63, 3.8) is 0 Å². The molecule has 1 aromatic carbocycles. The first kappa shape index (κ1) is 19.3. The molecular formula is C20H31N3O2. The molecule has 138 valence electrons. The maximum Gasteiger partial charge on any atom is 0.237 e. The summed E-state index contributed by atoms with van der Waals surface area (Å²) in [5.74, 6) is -0.296. The van der Waals surface area contributed by atoms with Crippen LogP contribution in [-0.2, 0) is 9.59 Å². The van der Waals surface area contributed by atoms with Crippen LogP contribution in [0.3, 0.4) is 0 Å². The number of rotatable bonds is 4. The summed E-state index contributed by atoms with van der Waals surface area (Å²) in [4.78, 5) is 29.4. The second-order valence-electron chi connectivity index (χ2n) is 7.75. The molecule has 0 saturated carbocycles. The molecule has 0 unspecified atom stereocenters. The fourth-order valence-corrected chi connectivity index (χ4v) is 3.16. The first-order chi connectivity index (χ1) is 11.6. The molecule has 0 aliphatic carbocycles. The zero-order valence-electron chi connectivity index (χ0n) is 16.3.